The summed E-state index contributed by atoms with van der Waals surface area (Å²) < 4.78 is 0. The van der Waals surface area contributed by atoms with Crippen molar-refractivity contribution in [1.29, 1.82) is 0 Å². The minimum atomic E-state index is 0.949. The smallest absolute Gasteiger partial charge is 0.0446 e. The van der Waals surface area contributed by atoms with Crippen LogP contribution in [0.1, 0.15) is 60.3 Å². The monoisotopic (exact) mass is 144 g/mol. The lowest BCUT2D eigenvalue weighted by Gasteiger charge is -2.02. The molecule has 0 spiro atoms. The van der Waals surface area contributed by atoms with Crippen LogP contribution in [0.2, 0.25) is 0 Å². The van der Waals surface area contributed by atoms with Crippen molar-refractivity contribution in [1.82, 2.24) is 0 Å². The second-order valence-corrected chi connectivity index (χ2v) is 3.01. The van der Waals surface area contributed by atoms with Crippen LogP contribution < -0.4 is 0 Å². The summed E-state index contributed by atoms with van der Waals surface area (Å²) in [5.41, 5.74) is 0. The first-order valence-corrected chi connectivity index (χ1v) is 4.72. The van der Waals surface area contributed by atoms with Crippen molar-refractivity contribution in [2.24, 2.45) is 5.92 Å². The molecule has 0 aliphatic carbocycles. The fourth-order valence-electron chi connectivity index (χ4n) is 0.697. The highest BCUT2D eigenvalue weighted by atomic mass is 14.0. The molecule has 0 aromatic heterocycles. The Morgan fingerprint density at radius 1 is 1.00 bits per heavy atom. The molecule has 0 rings (SSSR count). The van der Waals surface area contributed by atoms with E-state index in [9.17, 15) is 0 Å². The van der Waals surface area contributed by atoms with Crippen LogP contribution in [0, 0.1) is 5.92 Å². The van der Waals surface area contributed by atoms with Gasteiger partial charge in [-0.05, 0) is 5.92 Å². The number of hydrogen-bond acceptors (Lipinski definition) is 0. The van der Waals surface area contributed by atoms with E-state index in [1.165, 1.54) is 25.7 Å². The fourth-order valence-corrected chi connectivity index (χ4v) is 0.697. The van der Waals surface area contributed by atoms with E-state index in [4.69, 9.17) is 0 Å². The van der Waals surface area contributed by atoms with Crippen molar-refractivity contribution in [3.63, 3.8) is 0 Å². The van der Waals surface area contributed by atoms with E-state index in [-0.39, 0.29) is 0 Å². The van der Waals surface area contributed by atoms with Gasteiger partial charge in [0.05, 0.1) is 0 Å². The third-order valence-electron chi connectivity index (χ3n) is 1.48. The molecule has 0 saturated carbocycles. The van der Waals surface area contributed by atoms with E-state index in [2.05, 4.69) is 34.6 Å². The Bertz CT molecular complexity index is 39.3. The average Bonchev–Trinajstić information content (AvgIpc) is 1.90. The van der Waals surface area contributed by atoms with E-state index in [1.807, 2.05) is 0 Å². The van der Waals surface area contributed by atoms with Crippen molar-refractivity contribution < 1.29 is 0 Å². The van der Waals surface area contributed by atoms with E-state index in [0.717, 1.165) is 5.92 Å². The van der Waals surface area contributed by atoms with Crippen LogP contribution in [0.25, 0.3) is 0 Å². The zero-order valence-corrected chi connectivity index (χ0v) is 8.41. The first kappa shape index (κ1) is 12.7. The Labute approximate surface area is 67.0 Å². The third kappa shape index (κ3) is 15.7. The van der Waals surface area contributed by atoms with Gasteiger partial charge in [-0.15, -0.1) is 0 Å². The van der Waals surface area contributed by atoms with E-state index in [0.29, 0.717) is 0 Å². The lowest BCUT2D eigenvalue weighted by atomic mass is 10.0. The summed E-state index contributed by atoms with van der Waals surface area (Å²) in [5.74, 6) is 0.949. The Hall–Kier alpha value is 0. The van der Waals surface area contributed by atoms with Crippen LogP contribution in [0.15, 0.2) is 0 Å². The van der Waals surface area contributed by atoms with Gasteiger partial charge in [-0.2, -0.15) is 0 Å². The van der Waals surface area contributed by atoms with Crippen molar-refractivity contribution in [3.05, 3.63) is 0 Å². The van der Waals surface area contributed by atoms with Gasteiger partial charge in [0.25, 0.3) is 0 Å². The molecule has 0 nitrogen and oxygen atoms in total. The molecular weight excluding hydrogens is 120 g/mol. The molecule has 0 aromatic carbocycles. The maximum Gasteiger partial charge on any atom is -0.0446 e. The minimum absolute atomic E-state index is 0.949. The van der Waals surface area contributed by atoms with E-state index in [1.54, 1.807) is 0 Å². The quantitative estimate of drug-likeness (QED) is 0.555. The molecule has 0 fully saturated rings. The fraction of sp³-hybridized carbons (Fsp3) is 1.00. The Balaban J connectivity index is 0. The second kappa shape index (κ2) is 11.8. The Kier molecular flexibility index (Phi) is 14.9. The van der Waals surface area contributed by atoms with Gasteiger partial charge in [0, 0.05) is 0 Å². The third-order valence-corrected chi connectivity index (χ3v) is 1.48. The predicted octanol–water partition coefficient (Wildman–Crippen LogP) is 4.25. The van der Waals surface area contributed by atoms with Crippen molar-refractivity contribution in [2.75, 3.05) is 0 Å². The first-order chi connectivity index (χ1) is 4.72. The predicted molar refractivity (Wildman–Crippen MR) is 50.3 cm³/mol. The van der Waals surface area contributed by atoms with Crippen LogP contribution in [0.5, 0.6) is 0 Å². The van der Waals surface area contributed by atoms with Crippen molar-refractivity contribution in [2.45, 2.75) is 60.3 Å². The molecule has 0 N–H and O–H groups in total. The Morgan fingerprint density at radius 2 is 1.40 bits per heavy atom. The van der Waals surface area contributed by atoms with Crippen LogP contribution in [0.3, 0.4) is 0 Å². The summed E-state index contributed by atoms with van der Waals surface area (Å²) in [6.07, 6.45) is 5.33. The van der Waals surface area contributed by atoms with Crippen molar-refractivity contribution >= 4 is 0 Å². The van der Waals surface area contributed by atoms with Gasteiger partial charge in [-0.25, -0.2) is 0 Å². The van der Waals surface area contributed by atoms with Gasteiger partial charge in [-0.1, -0.05) is 60.3 Å². The summed E-state index contributed by atoms with van der Waals surface area (Å²) in [7, 11) is 0. The summed E-state index contributed by atoms with van der Waals surface area (Å²) in [6.45, 7) is 11.1. The van der Waals surface area contributed by atoms with Crippen LogP contribution >= 0.6 is 0 Å². The molecule has 0 aromatic rings. The normalized spacial score (nSPS) is 11.7. The summed E-state index contributed by atoms with van der Waals surface area (Å²) in [6, 6.07) is 0. The van der Waals surface area contributed by atoms with Crippen LogP contribution in [-0.4, -0.2) is 0 Å². The molecule has 10 heavy (non-hydrogen) atoms. The average molecular weight is 144 g/mol. The van der Waals surface area contributed by atoms with Crippen molar-refractivity contribution in [3.8, 4) is 0 Å². The molecule has 0 radical (unpaired) electrons. The summed E-state index contributed by atoms with van der Waals surface area (Å²) in [5, 5.41) is 0. The molecule has 1 atom stereocenters. The maximum absolute atomic E-state index is 2.31. The summed E-state index contributed by atoms with van der Waals surface area (Å²) in [4.78, 5) is 0. The van der Waals surface area contributed by atoms with Gasteiger partial charge in [0.1, 0.15) is 0 Å². The molecule has 1 unspecified atom stereocenters. The van der Waals surface area contributed by atoms with Gasteiger partial charge in [0.2, 0.25) is 0 Å². The zero-order chi connectivity index (χ0) is 8.41. The number of rotatable bonds is 3. The highest BCUT2D eigenvalue weighted by Gasteiger charge is 1.92. The van der Waals surface area contributed by atoms with Crippen LogP contribution in [-0.2, 0) is 0 Å². The molecule has 0 bridgehead atoms. The number of hydrogen-bond donors (Lipinski definition) is 0. The van der Waals surface area contributed by atoms with Gasteiger partial charge >= 0.3 is 0 Å². The van der Waals surface area contributed by atoms with Gasteiger partial charge < -0.3 is 0 Å². The van der Waals surface area contributed by atoms with Gasteiger partial charge in [-0.3, -0.25) is 0 Å². The van der Waals surface area contributed by atoms with Gasteiger partial charge in [0.15, 0.2) is 0 Å². The molecule has 0 aliphatic rings. The molecule has 0 heteroatoms. The standard InChI is InChI=1S/C7H16.C3H8/c1-4-6-7(3)5-2;1-3-2/h7H,4-6H2,1-3H3;3H2,1-2H3. The SMILES string of the molecule is CCC.CCCC(C)CC. The molecule has 0 heterocycles. The first-order valence-electron chi connectivity index (χ1n) is 4.72. The largest absolute Gasteiger partial charge is 0.0656 e. The highest BCUT2D eigenvalue weighted by Crippen LogP contribution is 2.07. The maximum atomic E-state index is 2.31. The van der Waals surface area contributed by atoms with Crippen LogP contribution in [0.4, 0.5) is 0 Å². The Morgan fingerprint density at radius 3 is 1.50 bits per heavy atom. The minimum Gasteiger partial charge on any atom is -0.0656 e. The van der Waals surface area contributed by atoms with E-state index >= 15 is 0 Å². The molecular formula is C10H24. The zero-order valence-electron chi connectivity index (χ0n) is 8.41. The lowest BCUT2D eigenvalue weighted by Crippen LogP contribution is -1.88. The molecule has 64 valence electrons. The topological polar surface area (TPSA) is 0 Å². The molecule has 0 aliphatic heterocycles. The van der Waals surface area contributed by atoms with E-state index < -0.39 is 0 Å². The molecule has 0 amide bonds. The lowest BCUT2D eigenvalue weighted by molar-refractivity contribution is 0.509. The molecule has 0 saturated heterocycles. The highest BCUT2D eigenvalue weighted by molar-refractivity contribution is 4.45. The summed E-state index contributed by atoms with van der Waals surface area (Å²) >= 11 is 0. The second-order valence-electron chi connectivity index (χ2n) is 3.01.